The third kappa shape index (κ3) is 2.76. The molecule has 10 heteroatoms. The Kier molecular flexibility index (Phi) is 3.79. The molecule has 1 aromatic rings. The maximum atomic E-state index is 12.2. The smallest absolute Gasteiger partial charge is 0.517 e. The standard InChI is InChI=1S/C7H6F3NO4S2/c8-7(9,10)17(14,15)11(16(12)13)6-4-2-1-3-5-6/h1-5H,(H,12,13)/p-1. The zero-order valence-electron chi connectivity index (χ0n) is 7.92. The topological polar surface area (TPSA) is 77.5 Å². The number of halogens is 3. The highest BCUT2D eigenvalue weighted by Gasteiger charge is 2.51. The molecule has 0 aliphatic heterocycles. The van der Waals surface area contributed by atoms with Crippen molar-refractivity contribution in [1.82, 2.24) is 0 Å². The molecule has 0 radical (unpaired) electrons. The molecule has 1 atom stereocenters. The van der Waals surface area contributed by atoms with Gasteiger partial charge in [0.15, 0.2) is 0 Å². The molecule has 1 unspecified atom stereocenters. The second-order valence-corrected chi connectivity index (χ2v) is 5.54. The van der Waals surface area contributed by atoms with E-state index >= 15 is 0 Å². The highest BCUT2D eigenvalue weighted by molar-refractivity contribution is 8.06. The highest BCUT2D eigenvalue weighted by atomic mass is 32.3. The molecule has 0 aliphatic carbocycles. The molecular formula is C7H5F3NO4S2-. The van der Waals surface area contributed by atoms with Crippen LogP contribution in [0.1, 0.15) is 0 Å². The Morgan fingerprint density at radius 2 is 1.65 bits per heavy atom. The van der Waals surface area contributed by atoms with Gasteiger partial charge in [0, 0.05) is 0 Å². The molecule has 0 spiro atoms. The first-order chi connectivity index (χ1) is 7.68. The van der Waals surface area contributed by atoms with Crippen molar-refractivity contribution in [2.75, 3.05) is 3.71 Å². The fraction of sp³-hybridized carbons (Fsp3) is 0.143. The van der Waals surface area contributed by atoms with E-state index in [1.54, 1.807) is 0 Å². The van der Waals surface area contributed by atoms with Crippen LogP contribution < -0.4 is 3.71 Å². The molecule has 17 heavy (non-hydrogen) atoms. The molecule has 0 aromatic heterocycles. The normalized spacial score (nSPS) is 14.4. The maximum Gasteiger partial charge on any atom is 0.517 e. The Hall–Kier alpha value is -1.13. The van der Waals surface area contributed by atoms with E-state index in [9.17, 15) is 30.4 Å². The van der Waals surface area contributed by atoms with Crippen molar-refractivity contribution in [2.45, 2.75) is 5.51 Å². The zero-order valence-corrected chi connectivity index (χ0v) is 9.55. The van der Waals surface area contributed by atoms with Gasteiger partial charge in [-0.05, 0) is 12.1 Å². The van der Waals surface area contributed by atoms with Crippen LogP contribution in [-0.2, 0) is 21.3 Å². The molecule has 0 N–H and O–H groups in total. The van der Waals surface area contributed by atoms with Crippen molar-refractivity contribution < 1.29 is 30.4 Å². The predicted molar refractivity (Wildman–Crippen MR) is 52.8 cm³/mol. The van der Waals surface area contributed by atoms with E-state index in [1.807, 2.05) is 0 Å². The first-order valence-corrected chi connectivity index (χ1v) is 6.41. The van der Waals surface area contributed by atoms with Crippen LogP contribution in [0.2, 0.25) is 0 Å². The Labute approximate surface area is 97.3 Å². The Morgan fingerprint density at radius 1 is 1.18 bits per heavy atom. The number of nitrogens with zero attached hydrogens (tertiary/aromatic N) is 1. The monoisotopic (exact) mass is 288 g/mol. The highest BCUT2D eigenvalue weighted by Crippen LogP contribution is 2.31. The molecule has 0 fully saturated rings. The summed E-state index contributed by atoms with van der Waals surface area (Å²) in [5.74, 6) is 0. The van der Waals surface area contributed by atoms with Gasteiger partial charge in [0.25, 0.3) is 0 Å². The molecule has 0 saturated heterocycles. The number of rotatable bonds is 3. The van der Waals surface area contributed by atoms with Gasteiger partial charge in [-0.25, -0.2) is 0 Å². The van der Waals surface area contributed by atoms with E-state index in [1.165, 1.54) is 18.2 Å². The molecule has 5 nitrogen and oxygen atoms in total. The van der Waals surface area contributed by atoms with Crippen molar-refractivity contribution in [3.63, 3.8) is 0 Å². The number of benzene rings is 1. The molecule has 0 aliphatic rings. The first kappa shape index (κ1) is 13.9. The van der Waals surface area contributed by atoms with Gasteiger partial charge < -0.3 is 4.55 Å². The molecule has 1 rings (SSSR count). The number of anilines is 1. The predicted octanol–water partition coefficient (Wildman–Crippen LogP) is 1.14. The van der Waals surface area contributed by atoms with Crippen molar-refractivity contribution in [2.24, 2.45) is 0 Å². The number of sulfonamides is 1. The number of alkyl halides is 3. The van der Waals surface area contributed by atoms with Gasteiger partial charge in [0.05, 0.1) is 17.0 Å². The molecule has 0 saturated carbocycles. The number of hydrogen-bond acceptors (Lipinski definition) is 4. The van der Waals surface area contributed by atoms with Gasteiger partial charge in [0.1, 0.15) is 0 Å². The summed E-state index contributed by atoms with van der Waals surface area (Å²) in [6, 6.07) is 5.68. The summed E-state index contributed by atoms with van der Waals surface area (Å²) in [5.41, 5.74) is -6.30. The molecule has 0 heterocycles. The average Bonchev–Trinajstić information content (AvgIpc) is 2.16. The van der Waals surface area contributed by atoms with E-state index in [-0.39, 0.29) is 0 Å². The molecular weight excluding hydrogens is 283 g/mol. The van der Waals surface area contributed by atoms with Crippen LogP contribution in [0.5, 0.6) is 0 Å². The van der Waals surface area contributed by atoms with Gasteiger partial charge in [-0.1, -0.05) is 18.2 Å². The Morgan fingerprint density at radius 3 is 2.00 bits per heavy atom. The largest absolute Gasteiger partial charge is 0.754 e. The average molecular weight is 288 g/mol. The summed E-state index contributed by atoms with van der Waals surface area (Å²) >= 11 is -3.59. The van der Waals surface area contributed by atoms with Crippen LogP contribution in [0.25, 0.3) is 0 Å². The fourth-order valence-corrected chi connectivity index (χ4v) is 2.72. The van der Waals surface area contributed by atoms with E-state index in [0.717, 1.165) is 12.1 Å². The summed E-state index contributed by atoms with van der Waals surface area (Å²) < 4.78 is 79.2. The molecule has 0 amide bonds. The minimum Gasteiger partial charge on any atom is -0.754 e. The SMILES string of the molecule is O=S([O-])N(c1ccccc1)S(=O)(=O)C(F)(F)F. The van der Waals surface area contributed by atoms with Gasteiger partial charge in [-0.3, -0.25) is 4.21 Å². The summed E-state index contributed by atoms with van der Waals surface area (Å²) in [4.78, 5) is 0. The van der Waals surface area contributed by atoms with Crippen LogP contribution in [0.3, 0.4) is 0 Å². The third-order valence-electron chi connectivity index (χ3n) is 1.61. The number of hydrogen-bond donors (Lipinski definition) is 0. The Bertz CT molecular complexity index is 514. The second-order valence-electron chi connectivity index (χ2n) is 2.73. The lowest BCUT2D eigenvalue weighted by atomic mass is 10.3. The third-order valence-corrected chi connectivity index (χ3v) is 4.28. The lowest BCUT2D eigenvalue weighted by Gasteiger charge is -2.26. The molecule has 1 aromatic carbocycles. The molecule has 96 valence electrons. The quantitative estimate of drug-likeness (QED) is 0.781. The van der Waals surface area contributed by atoms with E-state index in [4.69, 9.17) is 0 Å². The van der Waals surface area contributed by atoms with Gasteiger partial charge >= 0.3 is 15.5 Å². The fourth-order valence-electron chi connectivity index (χ4n) is 0.949. The summed E-state index contributed by atoms with van der Waals surface area (Å²) in [6.07, 6.45) is 0. The summed E-state index contributed by atoms with van der Waals surface area (Å²) in [6.45, 7) is 0. The van der Waals surface area contributed by atoms with Crippen LogP contribution in [-0.4, -0.2) is 22.7 Å². The van der Waals surface area contributed by atoms with Crippen LogP contribution in [0.15, 0.2) is 30.3 Å². The van der Waals surface area contributed by atoms with Crippen molar-refractivity contribution in [1.29, 1.82) is 0 Å². The van der Waals surface area contributed by atoms with Crippen LogP contribution in [0, 0.1) is 0 Å². The lowest BCUT2D eigenvalue weighted by molar-refractivity contribution is -0.0434. The van der Waals surface area contributed by atoms with Gasteiger partial charge in [-0.15, -0.1) is 0 Å². The second kappa shape index (κ2) is 4.63. The van der Waals surface area contributed by atoms with Gasteiger partial charge in [-0.2, -0.15) is 25.3 Å². The summed E-state index contributed by atoms with van der Waals surface area (Å²) in [7, 11) is -5.97. The zero-order chi connectivity index (χ0) is 13.3. The van der Waals surface area contributed by atoms with Gasteiger partial charge in [0.2, 0.25) is 0 Å². The van der Waals surface area contributed by atoms with Crippen molar-refractivity contribution in [3.05, 3.63) is 30.3 Å². The Balaban J connectivity index is 3.36. The minimum atomic E-state index is -5.97. The van der Waals surface area contributed by atoms with Crippen LogP contribution in [0.4, 0.5) is 18.9 Å². The van der Waals surface area contributed by atoms with E-state index < -0.39 is 36.2 Å². The van der Waals surface area contributed by atoms with Crippen molar-refractivity contribution >= 4 is 27.0 Å². The number of para-hydroxylation sites is 1. The lowest BCUT2D eigenvalue weighted by Crippen LogP contribution is -2.41. The first-order valence-electron chi connectivity index (χ1n) is 3.94. The maximum absolute atomic E-state index is 12.2. The minimum absolute atomic E-state index is 0.613. The molecule has 0 bridgehead atoms. The van der Waals surface area contributed by atoms with E-state index in [0.29, 0.717) is 0 Å². The summed E-state index contributed by atoms with van der Waals surface area (Å²) in [5, 5.41) is 0. The van der Waals surface area contributed by atoms with E-state index in [2.05, 4.69) is 0 Å². The van der Waals surface area contributed by atoms with Crippen molar-refractivity contribution in [3.8, 4) is 0 Å². The van der Waals surface area contributed by atoms with Crippen LogP contribution >= 0.6 is 0 Å².